The molecule has 0 aliphatic carbocycles. The van der Waals surface area contributed by atoms with Crippen LogP contribution < -0.4 is 15.8 Å². The third-order valence-corrected chi connectivity index (χ3v) is 2.61. The van der Waals surface area contributed by atoms with E-state index in [0.717, 1.165) is 0 Å². The SMILES string of the molecule is CC(C)Oc1cccc(NC(C)C(=O)N(C)C)c1N. The standard InChI is InChI=1S/C14H23N3O2/c1-9(2)19-12-8-6-7-11(13(12)15)16-10(3)14(18)17(4)5/h6-10,16H,15H2,1-5H3. The maximum atomic E-state index is 11.8. The first-order chi connectivity index (χ1) is 8.82. The van der Waals surface area contributed by atoms with Crippen molar-refractivity contribution >= 4 is 17.3 Å². The van der Waals surface area contributed by atoms with Crippen molar-refractivity contribution < 1.29 is 9.53 Å². The van der Waals surface area contributed by atoms with Gasteiger partial charge in [-0.05, 0) is 32.9 Å². The number of rotatable bonds is 5. The van der Waals surface area contributed by atoms with Gasteiger partial charge in [0.25, 0.3) is 0 Å². The number of ether oxygens (including phenoxy) is 1. The monoisotopic (exact) mass is 265 g/mol. The second kappa shape index (κ2) is 6.31. The lowest BCUT2D eigenvalue weighted by Crippen LogP contribution is -2.36. The first-order valence-electron chi connectivity index (χ1n) is 6.35. The minimum Gasteiger partial charge on any atom is -0.489 e. The van der Waals surface area contributed by atoms with E-state index >= 15 is 0 Å². The van der Waals surface area contributed by atoms with Crippen LogP contribution in [0.15, 0.2) is 18.2 Å². The Bertz CT molecular complexity index is 444. The van der Waals surface area contributed by atoms with E-state index < -0.39 is 0 Å². The summed E-state index contributed by atoms with van der Waals surface area (Å²) in [4.78, 5) is 13.4. The van der Waals surface area contributed by atoms with Crippen molar-refractivity contribution in [3.8, 4) is 5.75 Å². The van der Waals surface area contributed by atoms with Gasteiger partial charge >= 0.3 is 0 Å². The van der Waals surface area contributed by atoms with E-state index in [1.54, 1.807) is 25.9 Å². The highest BCUT2D eigenvalue weighted by Crippen LogP contribution is 2.30. The molecule has 1 atom stereocenters. The summed E-state index contributed by atoms with van der Waals surface area (Å²) in [5.41, 5.74) is 7.28. The number of nitrogens with one attached hydrogen (secondary N) is 1. The fraction of sp³-hybridized carbons (Fsp3) is 0.500. The Hall–Kier alpha value is -1.91. The molecule has 1 aromatic carbocycles. The lowest BCUT2D eigenvalue weighted by atomic mass is 10.2. The fourth-order valence-corrected chi connectivity index (χ4v) is 1.71. The van der Waals surface area contributed by atoms with Gasteiger partial charge in [0.15, 0.2) is 0 Å². The molecule has 0 aliphatic rings. The van der Waals surface area contributed by atoms with Crippen molar-refractivity contribution in [1.29, 1.82) is 0 Å². The van der Waals surface area contributed by atoms with Gasteiger partial charge < -0.3 is 20.7 Å². The average molecular weight is 265 g/mol. The van der Waals surface area contributed by atoms with Gasteiger partial charge in [-0.15, -0.1) is 0 Å². The van der Waals surface area contributed by atoms with Crippen molar-refractivity contribution in [3.05, 3.63) is 18.2 Å². The van der Waals surface area contributed by atoms with E-state index in [4.69, 9.17) is 10.5 Å². The van der Waals surface area contributed by atoms with Crippen LogP contribution in [0, 0.1) is 0 Å². The predicted octanol–water partition coefficient (Wildman–Crippen LogP) is 1.94. The second-order valence-corrected chi connectivity index (χ2v) is 4.98. The summed E-state index contributed by atoms with van der Waals surface area (Å²) in [5.74, 6) is 0.624. The summed E-state index contributed by atoms with van der Waals surface area (Å²) < 4.78 is 5.61. The molecule has 0 bridgehead atoms. The van der Waals surface area contributed by atoms with Crippen molar-refractivity contribution in [1.82, 2.24) is 4.90 Å². The molecule has 1 aromatic rings. The van der Waals surface area contributed by atoms with E-state index in [1.165, 1.54) is 0 Å². The molecule has 0 saturated carbocycles. The van der Waals surface area contributed by atoms with Gasteiger partial charge in [0.05, 0.1) is 17.5 Å². The smallest absolute Gasteiger partial charge is 0.244 e. The van der Waals surface area contributed by atoms with Crippen LogP contribution in [-0.2, 0) is 4.79 Å². The summed E-state index contributed by atoms with van der Waals surface area (Å²) in [7, 11) is 3.45. The lowest BCUT2D eigenvalue weighted by Gasteiger charge is -2.21. The van der Waals surface area contributed by atoms with Gasteiger partial charge in [0, 0.05) is 14.1 Å². The van der Waals surface area contributed by atoms with Crippen LogP contribution in [0.4, 0.5) is 11.4 Å². The molecule has 1 amide bonds. The predicted molar refractivity (Wildman–Crippen MR) is 78.4 cm³/mol. The molecule has 0 heterocycles. The summed E-state index contributed by atoms with van der Waals surface area (Å²) in [6.45, 7) is 5.69. The van der Waals surface area contributed by atoms with Crippen molar-refractivity contribution in [2.75, 3.05) is 25.1 Å². The summed E-state index contributed by atoms with van der Waals surface area (Å²) in [5, 5.41) is 3.11. The second-order valence-electron chi connectivity index (χ2n) is 4.98. The Kier molecular flexibility index (Phi) is 5.03. The molecule has 0 aromatic heterocycles. The Balaban J connectivity index is 2.87. The van der Waals surface area contributed by atoms with Gasteiger partial charge in [-0.1, -0.05) is 6.07 Å². The maximum absolute atomic E-state index is 11.8. The van der Waals surface area contributed by atoms with E-state index in [0.29, 0.717) is 17.1 Å². The Morgan fingerprint density at radius 3 is 2.47 bits per heavy atom. The van der Waals surface area contributed by atoms with Gasteiger partial charge in [0.1, 0.15) is 11.8 Å². The van der Waals surface area contributed by atoms with E-state index in [9.17, 15) is 4.79 Å². The Labute approximate surface area is 114 Å². The maximum Gasteiger partial charge on any atom is 0.244 e. The zero-order valence-corrected chi connectivity index (χ0v) is 12.2. The van der Waals surface area contributed by atoms with Crippen molar-refractivity contribution in [3.63, 3.8) is 0 Å². The first-order valence-corrected chi connectivity index (χ1v) is 6.35. The topological polar surface area (TPSA) is 67.6 Å². The first kappa shape index (κ1) is 15.1. The number of anilines is 2. The normalized spacial score (nSPS) is 12.1. The Morgan fingerprint density at radius 1 is 1.32 bits per heavy atom. The molecule has 5 heteroatoms. The van der Waals surface area contributed by atoms with Crippen molar-refractivity contribution in [2.45, 2.75) is 32.9 Å². The highest BCUT2D eigenvalue weighted by Gasteiger charge is 2.16. The number of nitrogens with two attached hydrogens (primary N) is 1. The third-order valence-electron chi connectivity index (χ3n) is 2.61. The number of hydrogen-bond acceptors (Lipinski definition) is 4. The number of nitrogens with zero attached hydrogens (tertiary/aromatic N) is 1. The van der Waals surface area contributed by atoms with Gasteiger partial charge in [-0.25, -0.2) is 0 Å². The third kappa shape index (κ3) is 4.05. The van der Waals surface area contributed by atoms with E-state index in [-0.39, 0.29) is 18.1 Å². The number of carbonyl (C=O) groups is 1. The minimum atomic E-state index is -0.341. The van der Waals surface area contributed by atoms with Crippen LogP contribution in [0.5, 0.6) is 5.75 Å². The number of benzene rings is 1. The molecule has 0 radical (unpaired) electrons. The van der Waals surface area contributed by atoms with Crippen LogP contribution >= 0.6 is 0 Å². The lowest BCUT2D eigenvalue weighted by molar-refractivity contribution is -0.129. The van der Waals surface area contributed by atoms with Crippen LogP contribution in [0.1, 0.15) is 20.8 Å². The number of carbonyl (C=O) groups excluding carboxylic acids is 1. The number of amides is 1. The van der Waals surface area contributed by atoms with Crippen LogP contribution in [-0.4, -0.2) is 37.0 Å². The van der Waals surface area contributed by atoms with Crippen molar-refractivity contribution in [2.24, 2.45) is 0 Å². The molecule has 106 valence electrons. The summed E-state index contributed by atoms with van der Waals surface area (Å²) in [6, 6.07) is 5.16. The molecule has 0 spiro atoms. The molecule has 1 unspecified atom stereocenters. The number of para-hydroxylation sites is 1. The summed E-state index contributed by atoms with van der Waals surface area (Å²) in [6.07, 6.45) is 0.0541. The molecular formula is C14H23N3O2. The van der Waals surface area contributed by atoms with E-state index in [1.807, 2.05) is 32.0 Å². The highest BCUT2D eigenvalue weighted by atomic mass is 16.5. The zero-order valence-electron chi connectivity index (χ0n) is 12.2. The molecular weight excluding hydrogens is 242 g/mol. The van der Waals surface area contributed by atoms with E-state index in [2.05, 4.69) is 5.32 Å². The minimum absolute atomic E-state index is 0.00502. The summed E-state index contributed by atoms with van der Waals surface area (Å²) >= 11 is 0. The molecule has 5 nitrogen and oxygen atoms in total. The largest absolute Gasteiger partial charge is 0.489 e. The number of likely N-dealkylation sites (N-methyl/N-ethyl adjacent to an activating group) is 1. The Morgan fingerprint density at radius 2 is 1.95 bits per heavy atom. The number of nitrogen functional groups attached to an aromatic ring is 1. The molecule has 19 heavy (non-hydrogen) atoms. The van der Waals surface area contributed by atoms with Gasteiger partial charge in [0.2, 0.25) is 5.91 Å². The fourth-order valence-electron chi connectivity index (χ4n) is 1.71. The average Bonchev–Trinajstić information content (AvgIpc) is 2.32. The molecule has 0 saturated heterocycles. The molecule has 1 rings (SSSR count). The van der Waals surface area contributed by atoms with Gasteiger partial charge in [-0.3, -0.25) is 4.79 Å². The zero-order chi connectivity index (χ0) is 14.6. The molecule has 0 fully saturated rings. The quantitative estimate of drug-likeness (QED) is 0.798. The van der Waals surface area contributed by atoms with Crippen LogP contribution in [0.2, 0.25) is 0 Å². The number of hydrogen-bond donors (Lipinski definition) is 2. The molecule has 0 aliphatic heterocycles. The highest BCUT2D eigenvalue weighted by molar-refractivity contribution is 5.85. The van der Waals surface area contributed by atoms with Crippen LogP contribution in [0.25, 0.3) is 0 Å². The van der Waals surface area contributed by atoms with Gasteiger partial charge in [-0.2, -0.15) is 0 Å². The van der Waals surface area contributed by atoms with Crippen LogP contribution in [0.3, 0.4) is 0 Å². The molecule has 3 N–H and O–H groups in total.